The summed E-state index contributed by atoms with van der Waals surface area (Å²) in [6.45, 7) is 2.09. The number of hydrogen-bond acceptors (Lipinski definition) is 2. The lowest BCUT2D eigenvalue weighted by Gasteiger charge is -2.11. The third kappa shape index (κ3) is 4.05. The molecular weight excluding hydrogens is 352 g/mol. The normalized spacial score (nSPS) is 10.5. The number of rotatable bonds is 5. The maximum absolute atomic E-state index is 12.8. The van der Waals surface area contributed by atoms with Gasteiger partial charge in [0.1, 0.15) is 11.5 Å². The average molecular weight is 366 g/mol. The summed E-state index contributed by atoms with van der Waals surface area (Å²) < 4.78 is 32.1. The van der Waals surface area contributed by atoms with E-state index < -0.39 is 6.43 Å². The number of halogens is 3. The number of hydrogen-bond donors (Lipinski definition) is 0. The smallest absolute Gasteiger partial charge is 0.264 e. The van der Waals surface area contributed by atoms with Gasteiger partial charge in [-0.1, -0.05) is 19.4 Å². The van der Waals surface area contributed by atoms with Gasteiger partial charge in [0, 0.05) is 5.56 Å². The van der Waals surface area contributed by atoms with E-state index >= 15 is 0 Å². The van der Waals surface area contributed by atoms with Crippen molar-refractivity contribution in [2.75, 3.05) is 0 Å². The van der Waals surface area contributed by atoms with Crippen molar-refractivity contribution in [1.82, 2.24) is 0 Å². The molecule has 5 heteroatoms. The number of alkyl halides is 2. The largest absolute Gasteiger partial charge is 0.456 e. The van der Waals surface area contributed by atoms with Crippen LogP contribution in [0.2, 0.25) is 0 Å². The molecule has 2 aromatic rings. The first-order chi connectivity index (χ1) is 10.5. The molecule has 2 nitrogen and oxygen atoms in total. The summed E-state index contributed by atoms with van der Waals surface area (Å²) in [4.78, 5) is 0. The first-order valence-corrected chi connectivity index (χ1v) is 7.62. The first-order valence-electron chi connectivity index (χ1n) is 6.83. The predicted octanol–water partition coefficient (Wildman–Crippen LogP) is 6.00. The van der Waals surface area contributed by atoms with Crippen molar-refractivity contribution < 1.29 is 13.5 Å². The second-order valence-electron chi connectivity index (χ2n) is 4.82. The molecule has 0 atom stereocenters. The molecule has 0 unspecified atom stereocenters. The monoisotopic (exact) mass is 365 g/mol. The van der Waals surface area contributed by atoms with Gasteiger partial charge in [-0.2, -0.15) is 5.26 Å². The molecule has 22 heavy (non-hydrogen) atoms. The van der Waals surface area contributed by atoms with Crippen LogP contribution >= 0.6 is 15.9 Å². The lowest BCUT2D eigenvalue weighted by molar-refractivity contribution is 0.151. The van der Waals surface area contributed by atoms with E-state index in [1.165, 1.54) is 17.7 Å². The molecule has 0 bridgehead atoms. The molecule has 2 rings (SSSR count). The molecule has 0 radical (unpaired) electrons. The Bertz CT molecular complexity index is 710. The van der Waals surface area contributed by atoms with Crippen molar-refractivity contribution in [2.24, 2.45) is 0 Å². The van der Waals surface area contributed by atoms with Gasteiger partial charge >= 0.3 is 0 Å². The van der Waals surface area contributed by atoms with Gasteiger partial charge in [-0.25, -0.2) is 8.78 Å². The van der Waals surface area contributed by atoms with Crippen LogP contribution < -0.4 is 4.74 Å². The van der Waals surface area contributed by atoms with Crippen molar-refractivity contribution in [3.8, 4) is 17.6 Å². The van der Waals surface area contributed by atoms with Crippen LogP contribution in [0, 0.1) is 11.3 Å². The van der Waals surface area contributed by atoms with Gasteiger partial charge in [0.25, 0.3) is 6.43 Å². The zero-order valence-corrected chi connectivity index (χ0v) is 13.5. The summed E-state index contributed by atoms with van der Waals surface area (Å²) in [6, 6.07) is 11.4. The summed E-state index contributed by atoms with van der Waals surface area (Å²) in [7, 11) is 0. The van der Waals surface area contributed by atoms with Crippen molar-refractivity contribution in [1.29, 1.82) is 5.26 Å². The molecule has 114 valence electrons. The van der Waals surface area contributed by atoms with Crippen LogP contribution in [-0.2, 0) is 6.42 Å². The Kier molecular flexibility index (Phi) is 5.51. The van der Waals surface area contributed by atoms with E-state index in [1.807, 2.05) is 18.2 Å². The minimum absolute atomic E-state index is 0.145. The Morgan fingerprint density at radius 2 is 2.00 bits per heavy atom. The Labute approximate surface area is 136 Å². The molecule has 0 aliphatic heterocycles. The van der Waals surface area contributed by atoms with Gasteiger partial charge in [0.2, 0.25) is 0 Å². The fraction of sp³-hybridized carbons (Fsp3) is 0.235. The van der Waals surface area contributed by atoms with Gasteiger partial charge in [-0.3, -0.25) is 0 Å². The second kappa shape index (κ2) is 7.37. The highest BCUT2D eigenvalue weighted by Crippen LogP contribution is 2.33. The molecule has 0 saturated carbocycles. The highest BCUT2D eigenvalue weighted by molar-refractivity contribution is 9.10. The van der Waals surface area contributed by atoms with E-state index in [0.717, 1.165) is 23.4 Å². The number of nitriles is 1. The van der Waals surface area contributed by atoms with Crippen LogP contribution in [-0.4, -0.2) is 0 Å². The topological polar surface area (TPSA) is 33.0 Å². The lowest BCUT2D eigenvalue weighted by atomic mass is 10.1. The fourth-order valence-electron chi connectivity index (χ4n) is 2.07. The Morgan fingerprint density at radius 3 is 2.59 bits per heavy atom. The summed E-state index contributed by atoms with van der Waals surface area (Å²) in [6.07, 6.45) is -0.654. The zero-order valence-electron chi connectivity index (χ0n) is 11.9. The highest BCUT2D eigenvalue weighted by Gasteiger charge is 2.12. The SMILES string of the molecule is CCCc1ccc(Oc2cc(C#N)cc(C(F)F)c2)c(Br)c1. The molecule has 0 spiro atoms. The Balaban J connectivity index is 2.30. The van der Waals surface area contributed by atoms with Crippen LogP contribution in [0.4, 0.5) is 8.78 Å². The van der Waals surface area contributed by atoms with Gasteiger partial charge in [-0.15, -0.1) is 0 Å². The Hall–Kier alpha value is -1.93. The van der Waals surface area contributed by atoms with E-state index in [1.54, 1.807) is 6.07 Å². The summed E-state index contributed by atoms with van der Waals surface area (Å²) in [5.74, 6) is 0.744. The zero-order chi connectivity index (χ0) is 16.1. The average Bonchev–Trinajstić information content (AvgIpc) is 2.50. The van der Waals surface area contributed by atoms with Crippen LogP contribution in [0.25, 0.3) is 0 Å². The Morgan fingerprint density at radius 1 is 1.23 bits per heavy atom. The van der Waals surface area contributed by atoms with E-state index in [0.29, 0.717) is 5.75 Å². The summed E-state index contributed by atoms with van der Waals surface area (Å²) in [5.41, 5.74) is 1.08. The van der Waals surface area contributed by atoms with Crippen LogP contribution in [0.1, 0.15) is 36.5 Å². The molecule has 0 N–H and O–H groups in total. The third-order valence-electron chi connectivity index (χ3n) is 3.07. The number of ether oxygens (including phenoxy) is 1. The molecule has 0 aliphatic rings. The third-order valence-corrected chi connectivity index (χ3v) is 3.69. The number of aryl methyl sites for hydroxylation is 1. The van der Waals surface area contributed by atoms with E-state index in [4.69, 9.17) is 10.00 Å². The van der Waals surface area contributed by atoms with Crippen LogP contribution in [0.5, 0.6) is 11.5 Å². The fourth-order valence-corrected chi connectivity index (χ4v) is 2.58. The minimum Gasteiger partial charge on any atom is -0.456 e. The molecule has 0 saturated heterocycles. The summed E-state index contributed by atoms with van der Waals surface area (Å²) >= 11 is 3.42. The highest BCUT2D eigenvalue weighted by atomic mass is 79.9. The molecule has 0 fully saturated rings. The van der Waals surface area contributed by atoms with E-state index in [9.17, 15) is 8.78 Å². The lowest BCUT2D eigenvalue weighted by Crippen LogP contribution is -1.92. The van der Waals surface area contributed by atoms with Crippen molar-refractivity contribution in [2.45, 2.75) is 26.2 Å². The van der Waals surface area contributed by atoms with Gasteiger partial charge in [0.05, 0.1) is 16.1 Å². The maximum Gasteiger partial charge on any atom is 0.264 e. The molecule has 0 aromatic heterocycles. The molecule has 0 amide bonds. The molecule has 0 aliphatic carbocycles. The first kappa shape index (κ1) is 16.4. The van der Waals surface area contributed by atoms with E-state index in [-0.39, 0.29) is 16.9 Å². The van der Waals surface area contributed by atoms with Crippen molar-refractivity contribution in [3.63, 3.8) is 0 Å². The second-order valence-corrected chi connectivity index (χ2v) is 5.67. The molecule has 0 heterocycles. The van der Waals surface area contributed by atoms with Gasteiger partial charge in [-0.05, 0) is 58.2 Å². The quantitative estimate of drug-likeness (QED) is 0.650. The van der Waals surface area contributed by atoms with E-state index in [2.05, 4.69) is 22.9 Å². The number of benzene rings is 2. The van der Waals surface area contributed by atoms with Gasteiger partial charge < -0.3 is 4.74 Å². The maximum atomic E-state index is 12.8. The van der Waals surface area contributed by atoms with Crippen LogP contribution in [0.3, 0.4) is 0 Å². The molecule has 2 aromatic carbocycles. The van der Waals surface area contributed by atoms with Crippen molar-refractivity contribution in [3.05, 3.63) is 57.6 Å². The number of nitrogens with zero attached hydrogens (tertiary/aromatic N) is 1. The molecular formula is C17H14BrF2NO. The minimum atomic E-state index is -2.65. The standard InChI is InChI=1S/C17H14BrF2NO/c1-2-3-11-4-5-16(15(18)8-11)22-14-7-12(10-21)6-13(9-14)17(19)20/h4-9,17H,2-3H2,1H3. The predicted molar refractivity (Wildman–Crippen MR) is 84.3 cm³/mol. The van der Waals surface area contributed by atoms with Gasteiger partial charge in [0.15, 0.2) is 0 Å². The summed E-state index contributed by atoms with van der Waals surface area (Å²) in [5, 5.41) is 8.92. The van der Waals surface area contributed by atoms with Crippen LogP contribution in [0.15, 0.2) is 40.9 Å². The van der Waals surface area contributed by atoms with Crippen molar-refractivity contribution >= 4 is 15.9 Å².